The Morgan fingerprint density at radius 3 is 2.33 bits per heavy atom. The Bertz CT molecular complexity index is 745. The van der Waals surface area contributed by atoms with E-state index in [1.807, 2.05) is 13.8 Å². The molecular formula is C19H24N2O2S. The van der Waals surface area contributed by atoms with E-state index in [0.29, 0.717) is 29.3 Å². The maximum atomic E-state index is 12.2. The quantitative estimate of drug-likeness (QED) is 0.826. The fraction of sp³-hybridized carbons (Fsp3) is 0.368. The van der Waals surface area contributed by atoms with Gasteiger partial charge in [-0.2, -0.15) is 0 Å². The molecule has 2 aromatic rings. The summed E-state index contributed by atoms with van der Waals surface area (Å²) in [4.78, 5) is 24.8. The summed E-state index contributed by atoms with van der Waals surface area (Å²) in [6, 6.07) is 8.35. The third kappa shape index (κ3) is 4.23. The fourth-order valence-electron chi connectivity index (χ4n) is 2.53. The van der Waals surface area contributed by atoms with Gasteiger partial charge in [-0.05, 0) is 42.9 Å². The third-order valence-electron chi connectivity index (χ3n) is 4.17. The number of benzene rings is 1. The molecule has 24 heavy (non-hydrogen) atoms. The van der Waals surface area contributed by atoms with Crippen LogP contribution in [-0.2, 0) is 11.2 Å². The highest BCUT2D eigenvalue weighted by atomic mass is 32.1. The first-order valence-corrected chi connectivity index (χ1v) is 8.89. The van der Waals surface area contributed by atoms with Crippen LogP contribution in [0.15, 0.2) is 24.3 Å². The summed E-state index contributed by atoms with van der Waals surface area (Å²) in [5, 5.41) is 3.39. The van der Waals surface area contributed by atoms with E-state index in [1.165, 1.54) is 16.9 Å². The molecule has 0 radical (unpaired) electrons. The molecule has 0 unspecified atom stereocenters. The van der Waals surface area contributed by atoms with Gasteiger partial charge in [0, 0.05) is 11.3 Å². The number of amides is 2. The van der Waals surface area contributed by atoms with Crippen molar-refractivity contribution in [3.63, 3.8) is 0 Å². The van der Waals surface area contributed by atoms with E-state index in [1.54, 1.807) is 0 Å². The molecule has 1 aromatic carbocycles. The van der Waals surface area contributed by atoms with Crippen molar-refractivity contribution in [2.24, 2.45) is 5.73 Å². The molecule has 5 heteroatoms. The predicted octanol–water partition coefficient (Wildman–Crippen LogP) is 4.16. The van der Waals surface area contributed by atoms with Gasteiger partial charge in [-0.25, -0.2) is 0 Å². The summed E-state index contributed by atoms with van der Waals surface area (Å²) < 4.78 is 0. The van der Waals surface area contributed by atoms with Gasteiger partial charge >= 0.3 is 0 Å². The molecule has 0 bridgehead atoms. The number of thiophene rings is 1. The average molecular weight is 344 g/mol. The lowest BCUT2D eigenvalue weighted by atomic mass is 10.0. The van der Waals surface area contributed by atoms with Gasteiger partial charge in [-0.3, -0.25) is 9.59 Å². The molecule has 0 fully saturated rings. The van der Waals surface area contributed by atoms with Crippen LogP contribution in [0.5, 0.6) is 0 Å². The van der Waals surface area contributed by atoms with Crippen molar-refractivity contribution in [3.8, 4) is 0 Å². The van der Waals surface area contributed by atoms with Crippen molar-refractivity contribution >= 4 is 28.2 Å². The van der Waals surface area contributed by atoms with Crippen LogP contribution in [0.25, 0.3) is 0 Å². The van der Waals surface area contributed by atoms with Crippen molar-refractivity contribution in [2.75, 3.05) is 5.32 Å². The van der Waals surface area contributed by atoms with Crippen LogP contribution in [0.4, 0.5) is 5.00 Å². The monoisotopic (exact) mass is 344 g/mol. The van der Waals surface area contributed by atoms with Crippen LogP contribution in [0, 0.1) is 13.8 Å². The van der Waals surface area contributed by atoms with E-state index in [9.17, 15) is 9.59 Å². The molecule has 4 nitrogen and oxygen atoms in total. The molecule has 128 valence electrons. The van der Waals surface area contributed by atoms with Gasteiger partial charge in [0.1, 0.15) is 5.00 Å². The summed E-state index contributed by atoms with van der Waals surface area (Å²) in [6.45, 7) is 8.07. The molecule has 0 saturated carbocycles. The predicted molar refractivity (Wildman–Crippen MR) is 99.8 cm³/mol. The number of primary amides is 1. The number of carbonyl (C=O) groups is 2. The Labute approximate surface area is 147 Å². The van der Waals surface area contributed by atoms with Crippen LogP contribution in [-0.4, -0.2) is 11.8 Å². The lowest BCUT2D eigenvalue weighted by Crippen LogP contribution is -2.17. The Morgan fingerprint density at radius 2 is 1.79 bits per heavy atom. The van der Waals surface area contributed by atoms with Gasteiger partial charge in [-0.15, -0.1) is 11.3 Å². The number of nitrogens with one attached hydrogen (secondary N) is 1. The first-order valence-electron chi connectivity index (χ1n) is 8.08. The van der Waals surface area contributed by atoms with Crippen molar-refractivity contribution < 1.29 is 9.59 Å². The first-order chi connectivity index (χ1) is 11.3. The summed E-state index contributed by atoms with van der Waals surface area (Å²) in [7, 11) is 0. The van der Waals surface area contributed by atoms with Gasteiger partial charge in [0.2, 0.25) is 5.91 Å². The normalized spacial score (nSPS) is 10.9. The molecule has 0 aliphatic carbocycles. The number of nitrogens with two attached hydrogens (primary N) is 1. The molecule has 0 spiro atoms. The smallest absolute Gasteiger partial charge is 0.251 e. The van der Waals surface area contributed by atoms with Gasteiger partial charge in [-0.1, -0.05) is 38.1 Å². The summed E-state index contributed by atoms with van der Waals surface area (Å²) in [6.07, 6.45) is 1.04. The minimum absolute atomic E-state index is 0.105. The zero-order chi connectivity index (χ0) is 17.9. The summed E-state index contributed by atoms with van der Waals surface area (Å²) in [5.74, 6) is -0.108. The molecule has 2 rings (SSSR count). The van der Waals surface area contributed by atoms with E-state index < -0.39 is 5.91 Å². The average Bonchev–Trinajstić information content (AvgIpc) is 2.80. The lowest BCUT2D eigenvalue weighted by Gasteiger charge is -2.08. The standard InChI is InChI=1S/C19H24N2O2S/c1-11(2)15-8-5-14(6-9-15)7-10-16(22)21-19-17(18(20)23)12(3)13(4)24-19/h5-6,8-9,11H,7,10H2,1-4H3,(H2,20,23)(H,21,22). The number of carbonyl (C=O) groups excluding carboxylic acids is 2. The minimum Gasteiger partial charge on any atom is -0.365 e. The molecule has 0 aliphatic heterocycles. The largest absolute Gasteiger partial charge is 0.365 e. The number of rotatable bonds is 6. The van der Waals surface area contributed by atoms with Crippen molar-refractivity contribution in [3.05, 3.63) is 51.4 Å². The highest BCUT2D eigenvalue weighted by Crippen LogP contribution is 2.32. The molecule has 1 heterocycles. The van der Waals surface area contributed by atoms with Crippen molar-refractivity contribution in [1.82, 2.24) is 0 Å². The lowest BCUT2D eigenvalue weighted by molar-refractivity contribution is -0.116. The third-order valence-corrected chi connectivity index (χ3v) is 5.29. The molecule has 0 saturated heterocycles. The molecule has 3 N–H and O–H groups in total. The van der Waals surface area contributed by atoms with Gasteiger partial charge in [0.05, 0.1) is 5.56 Å². The van der Waals surface area contributed by atoms with Crippen LogP contribution in [0.1, 0.15) is 58.1 Å². The second-order valence-corrected chi connectivity index (χ2v) is 7.52. The first kappa shape index (κ1) is 18.2. The van der Waals surface area contributed by atoms with E-state index >= 15 is 0 Å². The SMILES string of the molecule is Cc1sc(NC(=O)CCc2ccc(C(C)C)cc2)c(C(N)=O)c1C. The molecule has 2 amide bonds. The van der Waals surface area contributed by atoms with Crippen LogP contribution in [0.2, 0.25) is 0 Å². The highest BCUT2D eigenvalue weighted by molar-refractivity contribution is 7.16. The van der Waals surface area contributed by atoms with Gasteiger partial charge in [0.15, 0.2) is 0 Å². The molecule has 1 aromatic heterocycles. The topological polar surface area (TPSA) is 72.2 Å². The van der Waals surface area contributed by atoms with Gasteiger partial charge < -0.3 is 11.1 Å². The van der Waals surface area contributed by atoms with Gasteiger partial charge in [0.25, 0.3) is 5.91 Å². The van der Waals surface area contributed by atoms with E-state index in [-0.39, 0.29) is 5.91 Å². The number of hydrogen-bond donors (Lipinski definition) is 2. The zero-order valence-corrected chi connectivity index (χ0v) is 15.4. The Morgan fingerprint density at radius 1 is 1.17 bits per heavy atom. The minimum atomic E-state index is -0.503. The van der Waals surface area contributed by atoms with Crippen LogP contribution >= 0.6 is 11.3 Å². The molecule has 0 atom stereocenters. The summed E-state index contributed by atoms with van der Waals surface area (Å²) >= 11 is 1.39. The fourth-order valence-corrected chi connectivity index (χ4v) is 3.61. The molecular weight excluding hydrogens is 320 g/mol. The summed E-state index contributed by atoms with van der Waals surface area (Å²) in [5.41, 5.74) is 9.11. The van der Waals surface area contributed by atoms with E-state index in [0.717, 1.165) is 16.0 Å². The molecule has 0 aliphatic rings. The maximum Gasteiger partial charge on any atom is 0.251 e. The van der Waals surface area contributed by atoms with Crippen molar-refractivity contribution in [2.45, 2.75) is 46.5 Å². The van der Waals surface area contributed by atoms with Crippen LogP contribution < -0.4 is 11.1 Å². The van der Waals surface area contributed by atoms with Crippen molar-refractivity contribution in [1.29, 1.82) is 0 Å². The Kier molecular flexibility index (Phi) is 5.78. The Hall–Kier alpha value is -2.14. The highest BCUT2D eigenvalue weighted by Gasteiger charge is 2.18. The number of hydrogen-bond acceptors (Lipinski definition) is 3. The number of anilines is 1. The zero-order valence-electron chi connectivity index (χ0n) is 14.6. The van der Waals surface area contributed by atoms with E-state index in [4.69, 9.17) is 5.73 Å². The van der Waals surface area contributed by atoms with Crippen LogP contribution in [0.3, 0.4) is 0 Å². The maximum absolute atomic E-state index is 12.2. The second-order valence-electron chi connectivity index (χ2n) is 6.30. The Balaban J connectivity index is 1.99. The van der Waals surface area contributed by atoms with E-state index in [2.05, 4.69) is 43.4 Å². The second kappa shape index (κ2) is 7.62. The number of aryl methyl sites for hydroxylation is 2.